The molecule has 0 rings (SSSR count). The van der Waals surface area contributed by atoms with Crippen LogP contribution in [0.5, 0.6) is 0 Å². The number of aliphatic hydroxyl groups is 1. The number of carbonyl (C=O) groups is 4. The average molecular weight is 1440 g/mol. The van der Waals surface area contributed by atoms with Crippen LogP contribution in [0.25, 0.3) is 0 Å². The Kier molecular flexibility index (Phi) is 69.1. The number of aliphatic hydroxyl groups excluding tert-OH is 1. The number of hydrogen-bond acceptors (Lipinski definition) is 15. The highest BCUT2D eigenvalue weighted by atomic mass is 31.2. The minimum Gasteiger partial charge on any atom is -0.462 e. The molecular formula is C81H136O17P2. The van der Waals surface area contributed by atoms with E-state index in [2.05, 4.69) is 137 Å². The van der Waals surface area contributed by atoms with Gasteiger partial charge in [-0.25, -0.2) is 9.13 Å². The molecule has 0 aliphatic carbocycles. The number of unbranched alkanes of at least 4 members (excludes halogenated alkanes) is 24. The van der Waals surface area contributed by atoms with E-state index in [-0.39, 0.29) is 25.7 Å². The fraction of sp³-hybridized carbons (Fsp3) is 0.679. The third-order valence-electron chi connectivity index (χ3n) is 15.6. The molecule has 0 aromatic carbocycles. The zero-order valence-electron chi connectivity index (χ0n) is 62.3. The molecule has 0 saturated carbocycles. The normalized spacial score (nSPS) is 14.7. The number of phosphoric acid groups is 2. The Balaban J connectivity index is 5.40. The number of rotatable bonds is 71. The second-order valence-corrected chi connectivity index (χ2v) is 28.1. The number of carbonyl (C=O) groups excluding carboxylic acids is 4. The van der Waals surface area contributed by atoms with E-state index in [1.54, 1.807) is 6.08 Å². The number of phosphoric ester groups is 2. The lowest BCUT2D eigenvalue weighted by Gasteiger charge is -2.21. The van der Waals surface area contributed by atoms with E-state index < -0.39 is 97.5 Å². The van der Waals surface area contributed by atoms with E-state index in [1.807, 2.05) is 18.2 Å². The van der Waals surface area contributed by atoms with Crippen molar-refractivity contribution < 1.29 is 80.2 Å². The van der Waals surface area contributed by atoms with Gasteiger partial charge < -0.3 is 33.8 Å². The van der Waals surface area contributed by atoms with Crippen molar-refractivity contribution in [1.29, 1.82) is 0 Å². The maximum atomic E-state index is 13.1. The quantitative estimate of drug-likeness (QED) is 0.0169. The van der Waals surface area contributed by atoms with E-state index >= 15 is 0 Å². The second kappa shape index (κ2) is 72.5. The maximum absolute atomic E-state index is 13.1. The molecule has 100 heavy (non-hydrogen) atoms. The molecule has 0 amide bonds. The van der Waals surface area contributed by atoms with Crippen molar-refractivity contribution in [2.24, 2.45) is 0 Å². The fourth-order valence-corrected chi connectivity index (χ4v) is 11.4. The summed E-state index contributed by atoms with van der Waals surface area (Å²) in [5.74, 6) is -2.35. The number of hydrogen-bond donors (Lipinski definition) is 3. The van der Waals surface area contributed by atoms with Crippen LogP contribution < -0.4 is 0 Å². The van der Waals surface area contributed by atoms with Crippen molar-refractivity contribution in [3.05, 3.63) is 134 Å². The lowest BCUT2D eigenvalue weighted by atomic mass is 10.0. The molecule has 0 aromatic rings. The maximum Gasteiger partial charge on any atom is 0.472 e. The van der Waals surface area contributed by atoms with E-state index in [0.29, 0.717) is 25.7 Å². The summed E-state index contributed by atoms with van der Waals surface area (Å²) in [6.07, 6.45) is 80.4. The summed E-state index contributed by atoms with van der Waals surface area (Å²) in [4.78, 5) is 72.8. The van der Waals surface area contributed by atoms with E-state index in [9.17, 15) is 43.2 Å². The predicted molar refractivity (Wildman–Crippen MR) is 408 cm³/mol. The molecule has 0 aliphatic rings. The molecule has 5 atom stereocenters. The first kappa shape index (κ1) is 95.2. The van der Waals surface area contributed by atoms with Crippen LogP contribution in [0.1, 0.15) is 297 Å². The van der Waals surface area contributed by atoms with Crippen LogP contribution in [0.4, 0.5) is 0 Å². The molecule has 3 N–H and O–H groups in total. The lowest BCUT2D eigenvalue weighted by molar-refractivity contribution is -0.161. The number of esters is 4. The van der Waals surface area contributed by atoms with Crippen molar-refractivity contribution in [1.82, 2.24) is 0 Å². The Hall–Kier alpha value is -4.80. The molecule has 19 heteroatoms. The second-order valence-electron chi connectivity index (χ2n) is 25.2. The molecule has 572 valence electrons. The zero-order chi connectivity index (χ0) is 73.2. The minimum atomic E-state index is -5.00. The Bertz CT molecular complexity index is 2420. The third kappa shape index (κ3) is 71.6. The van der Waals surface area contributed by atoms with Crippen LogP contribution in [-0.2, 0) is 65.4 Å². The molecule has 0 heterocycles. The van der Waals surface area contributed by atoms with E-state index in [0.717, 1.165) is 167 Å². The van der Waals surface area contributed by atoms with Crippen LogP contribution >= 0.6 is 15.6 Å². The average Bonchev–Trinajstić information content (AvgIpc) is 0.936. The molecule has 5 unspecified atom stereocenters. The van der Waals surface area contributed by atoms with Gasteiger partial charge in [0.05, 0.1) is 32.8 Å². The van der Waals surface area contributed by atoms with Crippen molar-refractivity contribution in [2.45, 2.75) is 316 Å². The summed E-state index contributed by atoms with van der Waals surface area (Å²) in [6, 6.07) is 0. The van der Waals surface area contributed by atoms with Gasteiger partial charge in [0, 0.05) is 19.3 Å². The largest absolute Gasteiger partial charge is 0.472 e. The standard InChI is InChI=1S/C81H136O17P2/c1-5-9-13-17-21-25-29-33-35-36-37-38-40-44-46-50-54-58-62-66-79(84)92-72-77(98-81(86)68-64-60-56-52-48-42-32-28-24-20-16-12-8-4)74-96-100(89,90)94-70-75(82)69-93-99(87,88)95-73-76(97-80(85)67-63-59-55-51-47-41-31-27-23-19-15-11-7-3)71-91-78(83)65-61-57-53-49-45-43-39-34-30-26-22-18-14-10-6-2/h9-10,13-15,19,21-22,25-27,31,33-35,37-39,45,49,57,61,75-77,82H,5-8,11-12,16-18,20,23-24,28-30,32,36,40-44,46-48,50-56,58-60,62-74H2,1-4H3,(H,87,88)(H,89,90)/b13-9-,14-10-,19-15-,25-21-,26-22-,31-27-,35-33-,38-37-,39-34-,49-45-,61-57-. The smallest absolute Gasteiger partial charge is 0.462 e. The van der Waals surface area contributed by atoms with Gasteiger partial charge >= 0.3 is 39.5 Å². The van der Waals surface area contributed by atoms with Gasteiger partial charge in [0.2, 0.25) is 0 Å². The lowest BCUT2D eigenvalue weighted by Crippen LogP contribution is -2.30. The van der Waals surface area contributed by atoms with Crippen molar-refractivity contribution in [3.63, 3.8) is 0 Å². The summed E-state index contributed by atoms with van der Waals surface area (Å²) in [5, 5.41) is 10.6. The van der Waals surface area contributed by atoms with Crippen molar-refractivity contribution >= 4 is 39.5 Å². The molecule has 0 radical (unpaired) electrons. The summed E-state index contributed by atoms with van der Waals surface area (Å²) in [5.41, 5.74) is 0. The Morgan fingerprint density at radius 2 is 0.580 bits per heavy atom. The van der Waals surface area contributed by atoms with Crippen molar-refractivity contribution in [2.75, 3.05) is 39.6 Å². The highest BCUT2D eigenvalue weighted by molar-refractivity contribution is 7.47. The minimum absolute atomic E-state index is 0.0566. The summed E-state index contributed by atoms with van der Waals surface area (Å²) in [7, 11) is -9.98. The first-order valence-electron chi connectivity index (χ1n) is 38.4. The van der Waals surface area contributed by atoms with Gasteiger partial charge in [0.15, 0.2) is 12.2 Å². The molecule has 0 aliphatic heterocycles. The predicted octanol–water partition coefficient (Wildman–Crippen LogP) is 22.1. The number of allylic oxidation sites excluding steroid dienone is 21. The van der Waals surface area contributed by atoms with Crippen LogP contribution in [0.3, 0.4) is 0 Å². The Morgan fingerprint density at radius 1 is 0.300 bits per heavy atom. The Labute approximate surface area is 605 Å². The molecule has 17 nitrogen and oxygen atoms in total. The van der Waals surface area contributed by atoms with Crippen LogP contribution in [-0.4, -0.2) is 96.7 Å². The van der Waals surface area contributed by atoms with Gasteiger partial charge in [-0.3, -0.25) is 37.3 Å². The fourth-order valence-electron chi connectivity index (χ4n) is 9.85. The molecule has 0 fully saturated rings. The van der Waals surface area contributed by atoms with Crippen LogP contribution in [0.15, 0.2) is 134 Å². The SMILES string of the molecule is CC/C=C\C/C=C\C/C=C\C/C=C\C/C=C\CC(=O)OCC(COP(=O)(O)OCC(O)COP(=O)(O)OCC(COC(=O)CCCCCCCC/C=C\C/C=C\C/C=C\C/C=C\CC)OC(=O)CCCCCCCCCCCCCCC)OC(=O)CCCCCCC/C=C\C/C=C\CCC. The first-order chi connectivity index (χ1) is 48.7. The van der Waals surface area contributed by atoms with Crippen LogP contribution in [0, 0.1) is 0 Å². The van der Waals surface area contributed by atoms with Crippen LogP contribution in [0.2, 0.25) is 0 Å². The summed E-state index contributed by atoms with van der Waals surface area (Å²) < 4.78 is 68.3. The van der Waals surface area contributed by atoms with E-state index in [1.165, 1.54) is 51.4 Å². The monoisotopic (exact) mass is 1440 g/mol. The first-order valence-corrected chi connectivity index (χ1v) is 41.4. The van der Waals surface area contributed by atoms with E-state index in [4.69, 9.17) is 37.0 Å². The van der Waals surface area contributed by atoms with Gasteiger partial charge in [-0.15, -0.1) is 0 Å². The zero-order valence-corrected chi connectivity index (χ0v) is 64.1. The molecular weight excluding hydrogens is 1310 g/mol. The third-order valence-corrected chi connectivity index (χ3v) is 17.5. The molecule has 0 aromatic heterocycles. The van der Waals surface area contributed by atoms with Gasteiger partial charge in [0.25, 0.3) is 0 Å². The molecule has 0 saturated heterocycles. The van der Waals surface area contributed by atoms with Crippen molar-refractivity contribution in [3.8, 4) is 0 Å². The molecule has 0 bridgehead atoms. The molecule has 0 spiro atoms. The summed E-state index contributed by atoms with van der Waals surface area (Å²) in [6.45, 7) is 4.44. The van der Waals surface area contributed by atoms with Gasteiger partial charge in [-0.1, -0.05) is 290 Å². The number of ether oxygens (including phenoxy) is 4. The highest BCUT2D eigenvalue weighted by Gasteiger charge is 2.30. The van der Waals surface area contributed by atoms with Gasteiger partial charge in [-0.05, 0) is 116 Å². The van der Waals surface area contributed by atoms with Gasteiger partial charge in [-0.2, -0.15) is 0 Å². The highest BCUT2D eigenvalue weighted by Crippen LogP contribution is 2.45. The Morgan fingerprint density at radius 3 is 0.930 bits per heavy atom. The van der Waals surface area contributed by atoms with Gasteiger partial charge in [0.1, 0.15) is 19.3 Å². The summed E-state index contributed by atoms with van der Waals surface area (Å²) >= 11 is 0. The topological polar surface area (TPSA) is 237 Å².